The van der Waals surface area contributed by atoms with E-state index in [4.69, 9.17) is 4.74 Å². The standard InChI is InChI=1S/C16H23NO3/c1-10(2)13(5)17-15(19)9-20-16-11(3)6-14(8-18)7-12(16)4/h6-8,10,13H,9H2,1-5H3,(H,17,19). The number of rotatable bonds is 6. The molecule has 0 saturated heterocycles. The lowest BCUT2D eigenvalue weighted by atomic mass is 10.1. The Kier molecular flexibility index (Phi) is 5.74. The summed E-state index contributed by atoms with van der Waals surface area (Å²) in [7, 11) is 0. The number of aryl methyl sites for hydroxylation is 2. The lowest BCUT2D eigenvalue weighted by Gasteiger charge is -2.18. The second-order valence-corrected chi connectivity index (χ2v) is 5.49. The van der Waals surface area contributed by atoms with Gasteiger partial charge in [-0.15, -0.1) is 0 Å². The molecule has 0 heterocycles. The van der Waals surface area contributed by atoms with Gasteiger partial charge in [-0.2, -0.15) is 0 Å². The average Bonchev–Trinajstić information content (AvgIpc) is 2.37. The molecular weight excluding hydrogens is 254 g/mol. The van der Waals surface area contributed by atoms with Crippen molar-refractivity contribution in [1.82, 2.24) is 5.32 Å². The van der Waals surface area contributed by atoms with Crippen molar-refractivity contribution in [2.24, 2.45) is 5.92 Å². The van der Waals surface area contributed by atoms with Crippen molar-refractivity contribution in [1.29, 1.82) is 0 Å². The lowest BCUT2D eigenvalue weighted by Crippen LogP contribution is -2.39. The van der Waals surface area contributed by atoms with Gasteiger partial charge in [-0.3, -0.25) is 9.59 Å². The number of ether oxygens (including phenoxy) is 1. The Hall–Kier alpha value is -1.84. The van der Waals surface area contributed by atoms with Crippen molar-refractivity contribution < 1.29 is 14.3 Å². The first-order chi connectivity index (χ1) is 9.35. The lowest BCUT2D eigenvalue weighted by molar-refractivity contribution is -0.124. The molecule has 20 heavy (non-hydrogen) atoms. The first-order valence-electron chi connectivity index (χ1n) is 6.83. The molecule has 1 aromatic carbocycles. The molecule has 0 saturated carbocycles. The average molecular weight is 277 g/mol. The maximum atomic E-state index is 11.8. The van der Waals surface area contributed by atoms with Crippen LogP contribution >= 0.6 is 0 Å². The Morgan fingerprint density at radius 1 is 1.25 bits per heavy atom. The van der Waals surface area contributed by atoms with Crippen LogP contribution in [0.4, 0.5) is 0 Å². The molecule has 0 bridgehead atoms. The molecule has 1 aromatic rings. The minimum absolute atomic E-state index is 0.0147. The van der Waals surface area contributed by atoms with Crippen LogP contribution in [0.25, 0.3) is 0 Å². The Balaban J connectivity index is 2.66. The van der Waals surface area contributed by atoms with Crippen LogP contribution in [0.15, 0.2) is 12.1 Å². The smallest absolute Gasteiger partial charge is 0.258 e. The van der Waals surface area contributed by atoms with Crippen molar-refractivity contribution in [2.45, 2.75) is 40.7 Å². The topological polar surface area (TPSA) is 55.4 Å². The van der Waals surface area contributed by atoms with E-state index in [1.165, 1.54) is 0 Å². The number of nitrogens with one attached hydrogen (secondary N) is 1. The number of carbonyl (C=O) groups is 2. The van der Waals surface area contributed by atoms with Crippen LogP contribution in [0.5, 0.6) is 5.75 Å². The van der Waals surface area contributed by atoms with E-state index in [-0.39, 0.29) is 18.6 Å². The summed E-state index contributed by atoms with van der Waals surface area (Å²) in [6.07, 6.45) is 0.806. The van der Waals surface area contributed by atoms with Gasteiger partial charge in [-0.25, -0.2) is 0 Å². The van der Waals surface area contributed by atoms with Crippen LogP contribution in [0.1, 0.15) is 42.3 Å². The summed E-state index contributed by atoms with van der Waals surface area (Å²) in [4.78, 5) is 22.6. The fourth-order valence-electron chi connectivity index (χ4n) is 1.88. The van der Waals surface area contributed by atoms with Crippen LogP contribution in [0.3, 0.4) is 0 Å². The van der Waals surface area contributed by atoms with Crippen LogP contribution in [-0.2, 0) is 4.79 Å². The number of hydrogen-bond acceptors (Lipinski definition) is 3. The molecule has 1 amide bonds. The monoisotopic (exact) mass is 277 g/mol. The van der Waals surface area contributed by atoms with Crippen molar-refractivity contribution in [3.8, 4) is 5.75 Å². The Morgan fingerprint density at radius 2 is 1.80 bits per heavy atom. The summed E-state index contributed by atoms with van der Waals surface area (Å²) in [5.41, 5.74) is 2.33. The molecule has 0 aliphatic carbocycles. The number of carbonyl (C=O) groups excluding carboxylic acids is 2. The number of aldehydes is 1. The second kappa shape index (κ2) is 7.08. The molecule has 0 aromatic heterocycles. The van der Waals surface area contributed by atoms with E-state index >= 15 is 0 Å². The van der Waals surface area contributed by atoms with Crippen molar-refractivity contribution >= 4 is 12.2 Å². The highest BCUT2D eigenvalue weighted by atomic mass is 16.5. The molecule has 0 radical (unpaired) electrons. The zero-order valence-electron chi connectivity index (χ0n) is 12.8. The second-order valence-electron chi connectivity index (χ2n) is 5.49. The predicted octanol–water partition coefficient (Wildman–Crippen LogP) is 2.66. The van der Waals surface area contributed by atoms with Gasteiger partial charge in [0.2, 0.25) is 0 Å². The van der Waals surface area contributed by atoms with Crippen molar-refractivity contribution in [2.75, 3.05) is 6.61 Å². The van der Waals surface area contributed by atoms with Crippen LogP contribution < -0.4 is 10.1 Å². The molecule has 1 atom stereocenters. The maximum absolute atomic E-state index is 11.8. The van der Waals surface area contributed by atoms with Gasteiger partial charge < -0.3 is 10.1 Å². The zero-order chi connectivity index (χ0) is 15.3. The summed E-state index contributed by atoms with van der Waals surface area (Å²) in [6, 6.07) is 3.62. The third kappa shape index (κ3) is 4.37. The van der Waals surface area contributed by atoms with Gasteiger partial charge in [-0.05, 0) is 49.9 Å². The largest absolute Gasteiger partial charge is 0.483 e. The van der Waals surface area contributed by atoms with E-state index in [0.717, 1.165) is 17.4 Å². The van der Waals surface area contributed by atoms with Crippen LogP contribution in [0.2, 0.25) is 0 Å². The quantitative estimate of drug-likeness (QED) is 0.813. The fraction of sp³-hybridized carbons (Fsp3) is 0.500. The van der Waals surface area contributed by atoms with Gasteiger partial charge in [0.25, 0.3) is 5.91 Å². The molecule has 110 valence electrons. The third-order valence-corrected chi connectivity index (χ3v) is 3.36. The highest BCUT2D eigenvalue weighted by molar-refractivity contribution is 5.78. The third-order valence-electron chi connectivity index (χ3n) is 3.36. The first-order valence-corrected chi connectivity index (χ1v) is 6.83. The normalized spacial score (nSPS) is 12.1. The molecule has 1 N–H and O–H groups in total. The highest BCUT2D eigenvalue weighted by Gasteiger charge is 2.13. The van der Waals surface area contributed by atoms with Crippen molar-refractivity contribution in [3.05, 3.63) is 28.8 Å². The Morgan fingerprint density at radius 3 is 2.25 bits per heavy atom. The molecule has 4 nitrogen and oxygen atoms in total. The Bertz CT molecular complexity index is 471. The molecular formula is C16H23NO3. The molecule has 0 fully saturated rings. The van der Waals surface area contributed by atoms with E-state index in [2.05, 4.69) is 19.2 Å². The molecule has 0 aliphatic rings. The first kappa shape index (κ1) is 16.2. The number of amides is 1. The SMILES string of the molecule is Cc1cc(C=O)cc(C)c1OCC(=O)NC(C)C(C)C. The van der Waals surface area contributed by atoms with E-state index in [1.54, 1.807) is 12.1 Å². The highest BCUT2D eigenvalue weighted by Crippen LogP contribution is 2.24. The zero-order valence-corrected chi connectivity index (χ0v) is 12.8. The van der Waals surface area contributed by atoms with E-state index in [1.807, 2.05) is 20.8 Å². The van der Waals surface area contributed by atoms with Gasteiger partial charge in [0, 0.05) is 11.6 Å². The number of hydrogen-bond donors (Lipinski definition) is 1. The van der Waals surface area contributed by atoms with E-state index < -0.39 is 0 Å². The summed E-state index contributed by atoms with van der Waals surface area (Å²) in [6.45, 7) is 9.79. The minimum atomic E-state index is -0.135. The van der Waals surface area contributed by atoms with Crippen LogP contribution in [0, 0.1) is 19.8 Å². The van der Waals surface area contributed by atoms with Gasteiger partial charge >= 0.3 is 0 Å². The molecule has 1 unspecified atom stereocenters. The fourth-order valence-corrected chi connectivity index (χ4v) is 1.88. The van der Waals surface area contributed by atoms with E-state index in [9.17, 15) is 9.59 Å². The summed E-state index contributed by atoms with van der Waals surface area (Å²) < 4.78 is 5.58. The summed E-state index contributed by atoms with van der Waals surface area (Å²) in [5, 5.41) is 2.89. The summed E-state index contributed by atoms with van der Waals surface area (Å²) >= 11 is 0. The maximum Gasteiger partial charge on any atom is 0.258 e. The minimum Gasteiger partial charge on any atom is -0.483 e. The van der Waals surface area contributed by atoms with Gasteiger partial charge in [-0.1, -0.05) is 13.8 Å². The van der Waals surface area contributed by atoms with Gasteiger partial charge in [0.1, 0.15) is 12.0 Å². The van der Waals surface area contributed by atoms with Gasteiger partial charge in [0.15, 0.2) is 6.61 Å². The van der Waals surface area contributed by atoms with E-state index in [0.29, 0.717) is 17.2 Å². The van der Waals surface area contributed by atoms with Gasteiger partial charge in [0.05, 0.1) is 0 Å². The predicted molar refractivity (Wildman–Crippen MR) is 79.2 cm³/mol. The molecule has 1 rings (SSSR count). The van der Waals surface area contributed by atoms with Crippen molar-refractivity contribution in [3.63, 3.8) is 0 Å². The molecule has 0 spiro atoms. The Labute approximate surface area is 120 Å². The van der Waals surface area contributed by atoms with Crippen LogP contribution in [-0.4, -0.2) is 24.8 Å². The summed E-state index contributed by atoms with van der Waals surface area (Å²) in [5.74, 6) is 0.918. The molecule has 4 heteroatoms. The molecule has 0 aliphatic heterocycles. The number of benzene rings is 1.